The minimum absolute atomic E-state index is 0.0472. The lowest BCUT2D eigenvalue weighted by molar-refractivity contribution is -0.200. The van der Waals surface area contributed by atoms with E-state index in [1.165, 1.54) is 11.1 Å². The number of ether oxygens (including phenoxy) is 1. The maximum Gasteiger partial charge on any atom is 0.320 e. The van der Waals surface area contributed by atoms with E-state index >= 15 is 9.59 Å². The zero-order chi connectivity index (χ0) is 47.2. The molecule has 10 aliphatic rings. The van der Waals surface area contributed by atoms with Crippen molar-refractivity contribution in [2.45, 2.75) is 225 Å². The Labute approximate surface area is 395 Å². The normalized spacial score (nSPS) is 51.0. The molecule has 0 saturated heterocycles. The second-order valence-electron chi connectivity index (χ2n) is 29.7. The van der Waals surface area contributed by atoms with Crippen LogP contribution in [0.25, 0.3) is 0 Å². The minimum atomic E-state index is -0.683. The number of hydrogen-bond donors (Lipinski definition) is 0. The van der Waals surface area contributed by atoms with E-state index in [0.717, 1.165) is 116 Å². The zero-order valence-corrected chi connectivity index (χ0v) is 43.8. The van der Waals surface area contributed by atoms with Gasteiger partial charge in [0.15, 0.2) is 0 Å². The van der Waals surface area contributed by atoms with Crippen molar-refractivity contribution in [3.63, 3.8) is 0 Å². The Balaban J connectivity index is 0.972. The lowest BCUT2D eigenvalue weighted by Crippen LogP contribution is -2.65. The highest BCUT2D eigenvalue weighted by molar-refractivity contribution is 5.93. The number of fused-ring (bicyclic) bond motifs is 14. The van der Waals surface area contributed by atoms with Gasteiger partial charge in [0.05, 0.1) is 10.8 Å². The number of ketones is 2. The molecule has 65 heavy (non-hydrogen) atoms. The van der Waals surface area contributed by atoms with Gasteiger partial charge in [-0.25, -0.2) is 0 Å². The first-order valence-corrected chi connectivity index (χ1v) is 27.2. The van der Waals surface area contributed by atoms with Crippen LogP contribution in [0.2, 0.25) is 0 Å². The molecule has 0 aromatic carbocycles. The zero-order valence-electron chi connectivity index (χ0n) is 43.8. The van der Waals surface area contributed by atoms with Crippen LogP contribution in [0.5, 0.6) is 0 Å². The molecule has 0 N–H and O–H groups in total. The standard InChI is InChI=1S/C60H90O5/c1-49(2)27-31-59(33-29-55(11)37(39(59)35-49)15-17-43-53(9)23-21-45(61)51(5,6)41(53)19-25-57(43,55)13)47(63)65-48(64)60-32-28-50(3,4)36-40(60)38-16-18-44-54(10)24-22-46(62)52(7,8)42(54)20-26-58(44,14)56(38,12)30-34-60/h15-16,39-44H,17-36H2,1-14H3/t39-,40-,41+,42+,43-,44-,53+,54+,55-,56-,57-,58-,59+,60+/m1/s1. The Morgan fingerprint density at radius 1 is 0.462 bits per heavy atom. The predicted octanol–water partition coefficient (Wildman–Crippen LogP) is 14.8. The highest BCUT2D eigenvalue weighted by Crippen LogP contribution is 2.78. The Kier molecular flexibility index (Phi) is 9.94. The van der Waals surface area contributed by atoms with Crippen molar-refractivity contribution in [1.29, 1.82) is 0 Å². The summed E-state index contributed by atoms with van der Waals surface area (Å²) in [4.78, 5) is 57.9. The van der Waals surface area contributed by atoms with Crippen LogP contribution in [0.15, 0.2) is 23.3 Å². The van der Waals surface area contributed by atoms with Gasteiger partial charge in [0.1, 0.15) is 11.6 Å². The van der Waals surface area contributed by atoms with Crippen molar-refractivity contribution >= 4 is 23.5 Å². The molecule has 360 valence electrons. The van der Waals surface area contributed by atoms with Crippen LogP contribution in [-0.4, -0.2) is 23.5 Å². The molecule has 10 aliphatic carbocycles. The molecule has 8 fully saturated rings. The van der Waals surface area contributed by atoms with E-state index in [0.29, 0.717) is 48.1 Å². The van der Waals surface area contributed by atoms with Crippen LogP contribution in [0.3, 0.4) is 0 Å². The van der Waals surface area contributed by atoms with Crippen LogP contribution >= 0.6 is 0 Å². The number of carbonyl (C=O) groups excluding carboxylic acids is 4. The Hall–Kier alpha value is -2.04. The number of esters is 2. The fourth-order valence-electron chi connectivity index (χ4n) is 21.1. The van der Waals surface area contributed by atoms with Gasteiger partial charge in [-0.05, 0) is 194 Å². The molecule has 10 rings (SSSR count). The largest absolute Gasteiger partial charge is 0.392 e. The molecule has 14 atom stereocenters. The van der Waals surface area contributed by atoms with E-state index in [2.05, 4.69) is 109 Å². The van der Waals surface area contributed by atoms with Crippen molar-refractivity contribution in [2.24, 2.45) is 100 Å². The fraction of sp³-hybridized carbons (Fsp3) is 0.867. The van der Waals surface area contributed by atoms with E-state index in [-0.39, 0.29) is 77.9 Å². The summed E-state index contributed by atoms with van der Waals surface area (Å²) in [6, 6.07) is 0. The van der Waals surface area contributed by atoms with Gasteiger partial charge < -0.3 is 4.74 Å². The third-order valence-corrected chi connectivity index (χ3v) is 25.8. The molecular weight excluding hydrogens is 801 g/mol. The third kappa shape index (κ3) is 5.80. The quantitative estimate of drug-likeness (QED) is 0.157. The molecule has 0 amide bonds. The maximum absolute atomic E-state index is 15.6. The van der Waals surface area contributed by atoms with E-state index in [1.807, 2.05) is 0 Å². The Morgan fingerprint density at radius 3 is 1.18 bits per heavy atom. The Bertz CT molecular complexity index is 2020. The Morgan fingerprint density at radius 2 is 0.815 bits per heavy atom. The molecule has 0 aromatic heterocycles. The second-order valence-corrected chi connectivity index (χ2v) is 29.7. The predicted molar refractivity (Wildman–Crippen MR) is 259 cm³/mol. The summed E-state index contributed by atoms with van der Waals surface area (Å²) in [5.41, 5.74) is 1.54. The molecular formula is C60H90O5. The molecule has 0 unspecified atom stereocenters. The van der Waals surface area contributed by atoms with Crippen LogP contribution < -0.4 is 0 Å². The van der Waals surface area contributed by atoms with E-state index < -0.39 is 10.8 Å². The van der Waals surface area contributed by atoms with Gasteiger partial charge in [0.25, 0.3) is 0 Å². The summed E-state index contributed by atoms with van der Waals surface area (Å²) >= 11 is 0. The van der Waals surface area contributed by atoms with Crippen molar-refractivity contribution in [3.8, 4) is 0 Å². The van der Waals surface area contributed by atoms with E-state index in [4.69, 9.17) is 4.74 Å². The summed E-state index contributed by atoms with van der Waals surface area (Å²) in [6.07, 6.45) is 24.0. The molecule has 0 spiro atoms. The molecule has 0 heterocycles. The lowest BCUT2D eigenvalue weighted by Gasteiger charge is -2.70. The van der Waals surface area contributed by atoms with Gasteiger partial charge in [-0.2, -0.15) is 0 Å². The average molecular weight is 891 g/mol. The van der Waals surface area contributed by atoms with Crippen LogP contribution in [0, 0.1) is 100 Å². The van der Waals surface area contributed by atoms with Gasteiger partial charge in [-0.15, -0.1) is 0 Å². The first-order valence-electron chi connectivity index (χ1n) is 27.2. The van der Waals surface area contributed by atoms with Crippen LogP contribution in [0.4, 0.5) is 0 Å². The van der Waals surface area contributed by atoms with Gasteiger partial charge >= 0.3 is 11.9 Å². The van der Waals surface area contributed by atoms with Gasteiger partial charge in [0, 0.05) is 23.7 Å². The molecule has 0 aromatic rings. The van der Waals surface area contributed by atoms with E-state index in [9.17, 15) is 9.59 Å². The molecule has 5 nitrogen and oxygen atoms in total. The van der Waals surface area contributed by atoms with Gasteiger partial charge in [-0.1, -0.05) is 120 Å². The monoisotopic (exact) mass is 891 g/mol. The number of Topliss-reactive ketones (excluding diaryl/α,β-unsaturated/α-hetero) is 2. The molecule has 0 radical (unpaired) electrons. The van der Waals surface area contributed by atoms with Crippen LogP contribution in [0.1, 0.15) is 225 Å². The highest BCUT2D eigenvalue weighted by atomic mass is 16.6. The molecule has 5 heteroatoms. The summed E-state index contributed by atoms with van der Waals surface area (Å²) in [6.45, 7) is 33.9. The number of hydrogen-bond acceptors (Lipinski definition) is 5. The fourth-order valence-corrected chi connectivity index (χ4v) is 21.1. The number of allylic oxidation sites excluding steroid dienone is 4. The molecule has 0 aliphatic heterocycles. The first-order chi connectivity index (χ1) is 29.9. The SMILES string of the molecule is CC1(C)CC[C@]2(C(=O)OC(=O)[C@]34CCC(C)(C)C[C@@H]3C3=CC[C@@H]5[C@@]6(C)CCC(=O)C(C)(C)[C@@H]6CC[C@@]5(C)[C@]3(C)CC4)CC[C@]3(C)C(=CC[C@@H]4[C@@]5(C)CCC(=O)C(C)(C)[C@@H]5CC[C@]43C)[C@H]2C1. The summed E-state index contributed by atoms with van der Waals surface area (Å²) in [5.74, 6) is 2.42. The van der Waals surface area contributed by atoms with Crippen molar-refractivity contribution in [3.05, 3.63) is 23.3 Å². The van der Waals surface area contributed by atoms with Crippen molar-refractivity contribution < 1.29 is 23.9 Å². The van der Waals surface area contributed by atoms with Gasteiger partial charge in [0.2, 0.25) is 0 Å². The summed E-state index contributed by atoms with van der Waals surface area (Å²) < 4.78 is 6.72. The highest BCUT2D eigenvalue weighted by Gasteiger charge is 2.72. The minimum Gasteiger partial charge on any atom is -0.392 e. The average Bonchev–Trinajstić information content (AvgIpc) is 3.21. The molecule has 0 bridgehead atoms. The van der Waals surface area contributed by atoms with Crippen LogP contribution in [-0.2, 0) is 23.9 Å². The van der Waals surface area contributed by atoms with Gasteiger partial charge in [-0.3, -0.25) is 19.2 Å². The first kappa shape index (κ1) is 46.7. The summed E-state index contributed by atoms with van der Waals surface area (Å²) in [7, 11) is 0. The van der Waals surface area contributed by atoms with Crippen molar-refractivity contribution in [1.82, 2.24) is 0 Å². The second kappa shape index (κ2) is 13.8. The summed E-state index contributed by atoms with van der Waals surface area (Å²) in [5, 5.41) is 0. The topological polar surface area (TPSA) is 77.5 Å². The molecule has 8 saturated carbocycles. The number of carbonyl (C=O) groups is 4. The lowest BCUT2D eigenvalue weighted by atomic mass is 9.33. The maximum atomic E-state index is 15.6. The smallest absolute Gasteiger partial charge is 0.320 e. The number of rotatable bonds is 2. The third-order valence-electron chi connectivity index (χ3n) is 25.8. The van der Waals surface area contributed by atoms with Crippen molar-refractivity contribution in [2.75, 3.05) is 0 Å². The van der Waals surface area contributed by atoms with E-state index in [1.54, 1.807) is 0 Å².